The Morgan fingerprint density at radius 1 is 0.875 bits per heavy atom. The predicted molar refractivity (Wildman–Crippen MR) is 128 cm³/mol. The van der Waals surface area contributed by atoms with Crippen molar-refractivity contribution in [2.45, 2.75) is 23.2 Å². The van der Waals surface area contributed by atoms with Crippen molar-refractivity contribution < 1.29 is 13.2 Å². The summed E-state index contributed by atoms with van der Waals surface area (Å²) in [6.07, 6.45) is 0.681. The van der Waals surface area contributed by atoms with Gasteiger partial charge in [0.15, 0.2) is 0 Å². The van der Waals surface area contributed by atoms with Crippen molar-refractivity contribution in [1.29, 1.82) is 0 Å². The van der Waals surface area contributed by atoms with E-state index in [0.717, 1.165) is 5.56 Å². The van der Waals surface area contributed by atoms with Crippen LogP contribution in [-0.4, -0.2) is 31.7 Å². The molecule has 0 bridgehead atoms. The Labute approximate surface area is 198 Å². The molecule has 5 nitrogen and oxygen atoms in total. The lowest BCUT2D eigenvalue weighted by Crippen LogP contribution is -2.50. The van der Waals surface area contributed by atoms with E-state index < -0.39 is 15.4 Å². The molecule has 3 aromatic carbocycles. The maximum atomic E-state index is 13.6. The lowest BCUT2D eigenvalue weighted by Gasteiger charge is -2.40. The number of benzene rings is 3. The third-order valence-electron chi connectivity index (χ3n) is 5.89. The van der Waals surface area contributed by atoms with Gasteiger partial charge in [-0.05, 0) is 48.7 Å². The van der Waals surface area contributed by atoms with Crippen LogP contribution in [0.2, 0.25) is 10.0 Å². The molecule has 1 aliphatic heterocycles. The summed E-state index contributed by atoms with van der Waals surface area (Å²) in [6, 6.07) is 22.7. The van der Waals surface area contributed by atoms with Gasteiger partial charge in [0.05, 0.1) is 21.0 Å². The number of halogens is 2. The van der Waals surface area contributed by atoms with Crippen LogP contribution in [0.1, 0.15) is 18.4 Å². The smallest absolute Gasteiger partial charge is 0.243 e. The van der Waals surface area contributed by atoms with Gasteiger partial charge in [-0.3, -0.25) is 4.79 Å². The van der Waals surface area contributed by atoms with E-state index in [2.05, 4.69) is 5.32 Å². The fourth-order valence-electron chi connectivity index (χ4n) is 4.09. The van der Waals surface area contributed by atoms with E-state index in [1.165, 1.54) is 4.31 Å². The zero-order chi connectivity index (χ0) is 22.8. The van der Waals surface area contributed by atoms with Gasteiger partial charge in [0.2, 0.25) is 15.9 Å². The minimum Gasteiger partial charge on any atom is -0.324 e. The average molecular weight is 489 g/mol. The van der Waals surface area contributed by atoms with Crippen molar-refractivity contribution in [1.82, 2.24) is 4.31 Å². The standard InChI is InChI=1S/C24H22Cl2N2O3S/c25-19-11-12-21(26)22(17-19)27-23(29)24(18-7-3-1-4-8-18)13-15-28(16-14-24)32(30,31)20-9-5-2-6-10-20/h1-12,17H,13-16H2,(H,27,29). The van der Waals surface area contributed by atoms with Gasteiger partial charge in [-0.2, -0.15) is 4.31 Å². The van der Waals surface area contributed by atoms with Crippen molar-refractivity contribution in [3.63, 3.8) is 0 Å². The van der Waals surface area contributed by atoms with E-state index in [0.29, 0.717) is 28.6 Å². The van der Waals surface area contributed by atoms with Gasteiger partial charge in [0, 0.05) is 18.1 Å². The summed E-state index contributed by atoms with van der Waals surface area (Å²) in [4.78, 5) is 13.9. The number of carbonyl (C=O) groups excluding carboxylic acids is 1. The minimum absolute atomic E-state index is 0.225. The molecule has 0 saturated carbocycles. The van der Waals surface area contributed by atoms with Crippen LogP contribution < -0.4 is 5.32 Å². The van der Waals surface area contributed by atoms with Crippen LogP contribution in [0.5, 0.6) is 0 Å². The molecule has 3 aromatic rings. The monoisotopic (exact) mass is 488 g/mol. The van der Waals surface area contributed by atoms with Gasteiger partial charge in [0.25, 0.3) is 0 Å². The molecule has 0 unspecified atom stereocenters. The van der Waals surface area contributed by atoms with E-state index in [9.17, 15) is 13.2 Å². The number of nitrogens with zero attached hydrogens (tertiary/aromatic N) is 1. The average Bonchev–Trinajstić information content (AvgIpc) is 2.82. The number of rotatable bonds is 5. The summed E-state index contributed by atoms with van der Waals surface area (Å²) >= 11 is 12.3. The first-order chi connectivity index (χ1) is 15.3. The van der Waals surface area contributed by atoms with Crippen LogP contribution in [-0.2, 0) is 20.2 Å². The SMILES string of the molecule is O=C(Nc1cc(Cl)ccc1Cl)C1(c2ccccc2)CCN(S(=O)(=O)c2ccccc2)CC1. The Bertz CT molecular complexity index is 1210. The van der Waals surface area contributed by atoms with E-state index in [4.69, 9.17) is 23.2 Å². The topological polar surface area (TPSA) is 66.5 Å². The fraction of sp³-hybridized carbons (Fsp3) is 0.208. The summed E-state index contributed by atoms with van der Waals surface area (Å²) in [5.41, 5.74) is 0.376. The Balaban J connectivity index is 1.63. The van der Waals surface area contributed by atoms with Crippen molar-refractivity contribution in [3.8, 4) is 0 Å². The van der Waals surface area contributed by atoms with Gasteiger partial charge in [-0.1, -0.05) is 71.7 Å². The van der Waals surface area contributed by atoms with E-state index >= 15 is 0 Å². The summed E-state index contributed by atoms with van der Waals surface area (Å²) in [6.45, 7) is 0.450. The molecule has 0 aliphatic carbocycles. The predicted octanol–water partition coefficient (Wildman–Crippen LogP) is 5.35. The molecule has 8 heteroatoms. The van der Waals surface area contributed by atoms with Crippen LogP contribution in [0.4, 0.5) is 5.69 Å². The normalized spacial score (nSPS) is 16.4. The number of sulfonamides is 1. The molecule has 166 valence electrons. The zero-order valence-corrected chi connectivity index (χ0v) is 19.5. The highest BCUT2D eigenvalue weighted by Gasteiger charge is 2.45. The van der Waals surface area contributed by atoms with Gasteiger partial charge in [-0.25, -0.2) is 8.42 Å². The fourth-order valence-corrected chi connectivity index (χ4v) is 5.89. The molecule has 1 saturated heterocycles. The summed E-state index contributed by atoms with van der Waals surface area (Å²) in [7, 11) is -3.63. The third kappa shape index (κ3) is 4.41. The Morgan fingerprint density at radius 3 is 2.09 bits per heavy atom. The molecule has 0 aromatic heterocycles. The minimum atomic E-state index is -3.63. The molecule has 32 heavy (non-hydrogen) atoms. The highest BCUT2D eigenvalue weighted by Crippen LogP contribution is 2.39. The van der Waals surface area contributed by atoms with Crippen molar-refractivity contribution >= 4 is 44.8 Å². The second kappa shape index (κ2) is 9.24. The molecular weight excluding hydrogens is 467 g/mol. The molecule has 1 fully saturated rings. The number of piperidine rings is 1. The van der Waals surface area contributed by atoms with Crippen LogP contribution in [0.3, 0.4) is 0 Å². The molecule has 1 amide bonds. The maximum Gasteiger partial charge on any atom is 0.243 e. The largest absolute Gasteiger partial charge is 0.324 e. The van der Waals surface area contributed by atoms with Crippen LogP contribution in [0, 0.1) is 0 Å². The number of anilines is 1. The lowest BCUT2D eigenvalue weighted by atomic mass is 9.72. The molecular formula is C24H22Cl2N2O3S. The van der Waals surface area contributed by atoms with Crippen LogP contribution in [0.25, 0.3) is 0 Å². The Morgan fingerprint density at radius 2 is 1.47 bits per heavy atom. The van der Waals surface area contributed by atoms with Crippen LogP contribution in [0.15, 0.2) is 83.8 Å². The van der Waals surface area contributed by atoms with Gasteiger partial charge < -0.3 is 5.32 Å². The summed E-state index contributed by atoms with van der Waals surface area (Å²) in [5, 5.41) is 3.77. The molecule has 0 spiro atoms. The first kappa shape index (κ1) is 22.8. The van der Waals surface area contributed by atoms with Gasteiger partial charge >= 0.3 is 0 Å². The molecule has 1 aliphatic rings. The quantitative estimate of drug-likeness (QED) is 0.525. The summed E-state index contributed by atoms with van der Waals surface area (Å²) < 4.78 is 27.6. The number of amides is 1. The molecule has 1 N–H and O–H groups in total. The maximum absolute atomic E-state index is 13.6. The van der Waals surface area contributed by atoms with E-state index in [1.54, 1.807) is 48.5 Å². The van der Waals surface area contributed by atoms with Crippen molar-refractivity contribution in [2.24, 2.45) is 0 Å². The zero-order valence-electron chi connectivity index (χ0n) is 17.2. The summed E-state index contributed by atoms with van der Waals surface area (Å²) in [5.74, 6) is -0.232. The van der Waals surface area contributed by atoms with E-state index in [-0.39, 0.29) is 23.9 Å². The second-order valence-electron chi connectivity index (χ2n) is 7.74. The van der Waals surface area contributed by atoms with E-state index in [1.807, 2.05) is 30.3 Å². The van der Waals surface area contributed by atoms with Crippen molar-refractivity contribution in [2.75, 3.05) is 18.4 Å². The second-order valence-corrected chi connectivity index (χ2v) is 10.5. The first-order valence-corrected chi connectivity index (χ1v) is 12.4. The molecule has 4 rings (SSSR count). The Hall–Kier alpha value is -2.38. The van der Waals surface area contributed by atoms with Crippen LogP contribution >= 0.6 is 23.2 Å². The molecule has 0 radical (unpaired) electrons. The number of hydrogen-bond acceptors (Lipinski definition) is 3. The first-order valence-electron chi connectivity index (χ1n) is 10.2. The Kier molecular flexibility index (Phi) is 6.58. The number of carbonyl (C=O) groups is 1. The highest BCUT2D eigenvalue weighted by molar-refractivity contribution is 7.89. The van der Waals surface area contributed by atoms with Gasteiger partial charge in [0.1, 0.15) is 0 Å². The molecule has 1 heterocycles. The molecule has 0 atom stereocenters. The highest BCUT2D eigenvalue weighted by atomic mass is 35.5. The van der Waals surface area contributed by atoms with Crippen molar-refractivity contribution in [3.05, 3.63) is 94.5 Å². The third-order valence-corrected chi connectivity index (χ3v) is 8.37. The lowest BCUT2D eigenvalue weighted by molar-refractivity contribution is -0.123. The number of nitrogens with one attached hydrogen (secondary N) is 1. The number of hydrogen-bond donors (Lipinski definition) is 1. The van der Waals surface area contributed by atoms with Gasteiger partial charge in [-0.15, -0.1) is 0 Å².